The number of carboxylic acid groups (broad SMARTS) is 2. The number of aromatic carboxylic acids is 2. The van der Waals surface area contributed by atoms with E-state index in [0.29, 0.717) is 20.2 Å². The minimum atomic E-state index is -1.21. The smallest absolute Gasteiger partial charge is 0.337 e. The third-order valence-corrected chi connectivity index (χ3v) is 4.95. The molecule has 0 aliphatic carbocycles. The minimum Gasteiger partial charge on any atom is -0.478 e. The number of carbonyl (C=O) groups excluding carboxylic acids is 2. The SMILES string of the molecule is CC(=O)Nc1cc2sc3cc(NC(C)=O)c(C(=O)O)cc3c2cc1C(=O)O. The van der Waals surface area contributed by atoms with Crippen LogP contribution in [0.25, 0.3) is 20.2 Å². The zero-order chi connectivity index (χ0) is 19.9. The average molecular weight is 386 g/mol. The fourth-order valence-electron chi connectivity index (χ4n) is 2.81. The molecule has 0 spiro atoms. The molecule has 1 heterocycles. The quantitative estimate of drug-likeness (QED) is 0.543. The number of benzene rings is 2. The van der Waals surface area contributed by atoms with Crippen LogP contribution in [0.1, 0.15) is 34.6 Å². The van der Waals surface area contributed by atoms with Gasteiger partial charge in [0.2, 0.25) is 11.8 Å². The summed E-state index contributed by atoms with van der Waals surface area (Å²) in [4.78, 5) is 45.8. The van der Waals surface area contributed by atoms with Crippen molar-refractivity contribution in [2.45, 2.75) is 13.8 Å². The van der Waals surface area contributed by atoms with Crippen LogP contribution in [0.2, 0.25) is 0 Å². The van der Waals surface area contributed by atoms with Crippen molar-refractivity contribution in [1.29, 1.82) is 0 Å². The van der Waals surface area contributed by atoms with Crippen molar-refractivity contribution < 1.29 is 29.4 Å². The number of hydrogen-bond donors (Lipinski definition) is 4. The Morgan fingerprint density at radius 2 is 1.11 bits per heavy atom. The Kier molecular flexibility index (Phi) is 4.54. The fourth-order valence-corrected chi connectivity index (χ4v) is 3.96. The molecule has 138 valence electrons. The highest BCUT2D eigenvalue weighted by Gasteiger charge is 2.19. The van der Waals surface area contributed by atoms with Crippen molar-refractivity contribution in [1.82, 2.24) is 0 Å². The third kappa shape index (κ3) is 3.44. The molecule has 1 aromatic heterocycles. The molecule has 0 aliphatic rings. The topological polar surface area (TPSA) is 133 Å². The first-order valence-electron chi connectivity index (χ1n) is 7.73. The monoisotopic (exact) mass is 386 g/mol. The van der Waals surface area contributed by atoms with E-state index in [1.165, 1.54) is 37.3 Å². The summed E-state index contributed by atoms with van der Waals surface area (Å²) in [6, 6.07) is 5.91. The van der Waals surface area contributed by atoms with Gasteiger partial charge < -0.3 is 20.8 Å². The maximum atomic E-state index is 11.6. The third-order valence-electron chi connectivity index (χ3n) is 3.83. The Bertz CT molecular complexity index is 1060. The molecular weight excluding hydrogens is 372 g/mol. The van der Waals surface area contributed by atoms with Crippen molar-refractivity contribution in [3.8, 4) is 0 Å². The van der Waals surface area contributed by atoms with Crippen LogP contribution in [-0.4, -0.2) is 34.0 Å². The summed E-state index contributed by atoms with van der Waals surface area (Å²) >= 11 is 1.30. The molecule has 0 bridgehead atoms. The van der Waals surface area contributed by atoms with E-state index in [-0.39, 0.29) is 22.5 Å². The number of rotatable bonds is 4. The van der Waals surface area contributed by atoms with Gasteiger partial charge in [0.1, 0.15) is 0 Å². The highest BCUT2D eigenvalue weighted by molar-refractivity contribution is 7.25. The average Bonchev–Trinajstić information content (AvgIpc) is 2.87. The van der Waals surface area contributed by atoms with Crippen molar-refractivity contribution in [3.05, 3.63) is 35.4 Å². The van der Waals surface area contributed by atoms with Gasteiger partial charge >= 0.3 is 11.9 Å². The standard InChI is InChI=1S/C18H14N2O6S/c1-7(21)19-13-5-15-9(3-11(13)17(23)24)10-4-12(18(25)26)14(20-8(2)22)6-16(10)27-15/h3-6H,1-2H3,(H,19,21)(H,20,22)(H,23,24)(H,25,26). The van der Waals surface area contributed by atoms with Crippen LogP contribution in [0, 0.1) is 0 Å². The van der Waals surface area contributed by atoms with E-state index >= 15 is 0 Å². The summed E-state index contributed by atoms with van der Waals surface area (Å²) in [5, 5.41) is 25.0. The second kappa shape index (κ2) is 6.69. The van der Waals surface area contributed by atoms with Crippen molar-refractivity contribution in [3.63, 3.8) is 0 Å². The predicted octanol–water partition coefficient (Wildman–Crippen LogP) is 3.37. The first kappa shape index (κ1) is 18.3. The normalized spacial score (nSPS) is 10.7. The van der Waals surface area contributed by atoms with Crippen LogP contribution in [0.4, 0.5) is 11.4 Å². The van der Waals surface area contributed by atoms with E-state index in [0.717, 1.165) is 0 Å². The molecule has 0 fully saturated rings. The molecule has 0 atom stereocenters. The Balaban J connectivity index is 2.33. The summed E-state index contributed by atoms with van der Waals surface area (Å²) in [5.74, 6) is -3.24. The number of anilines is 2. The lowest BCUT2D eigenvalue weighted by Gasteiger charge is -2.08. The molecule has 0 saturated heterocycles. The summed E-state index contributed by atoms with van der Waals surface area (Å²) < 4.78 is 1.35. The van der Waals surface area contributed by atoms with Gasteiger partial charge in [-0.1, -0.05) is 0 Å². The number of amides is 2. The highest BCUT2D eigenvalue weighted by atomic mass is 32.1. The van der Waals surface area contributed by atoms with E-state index in [4.69, 9.17) is 0 Å². The zero-order valence-electron chi connectivity index (χ0n) is 14.2. The van der Waals surface area contributed by atoms with Gasteiger partial charge in [-0.3, -0.25) is 9.59 Å². The van der Waals surface area contributed by atoms with E-state index in [1.54, 1.807) is 12.1 Å². The Hall–Kier alpha value is -3.46. The molecule has 4 N–H and O–H groups in total. The minimum absolute atomic E-state index is 0.0970. The van der Waals surface area contributed by atoms with Crippen LogP contribution in [-0.2, 0) is 9.59 Å². The van der Waals surface area contributed by atoms with E-state index < -0.39 is 23.8 Å². The van der Waals surface area contributed by atoms with Crippen LogP contribution in [0.5, 0.6) is 0 Å². The molecule has 8 nitrogen and oxygen atoms in total. The van der Waals surface area contributed by atoms with Crippen molar-refractivity contribution >= 4 is 66.6 Å². The molecule has 2 aromatic carbocycles. The lowest BCUT2D eigenvalue weighted by atomic mass is 10.0. The molecule has 0 unspecified atom stereocenters. The fraction of sp³-hybridized carbons (Fsp3) is 0.111. The van der Waals surface area contributed by atoms with Crippen LogP contribution >= 0.6 is 11.3 Å². The van der Waals surface area contributed by atoms with Crippen LogP contribution < -0.4 is 10.6 Å². The van der Waals surface area contributed by atoms with Gasteiger partial charge in [-0.25, -0.2) is 9.59 Å². The number of thiophene rings is 1. The van der Waals surface area contributed by atoms with Crippen molar-refractivity contribution in [2.24, 2.45) is 0 Å². The molecule has 27 heavy (non-hydrogen) atoms. The molecule has 0 saturated carbocycles. The first-order valence-corrected chi connectivity index (χ1v) is 8.55. The van der Waals surface area contributed by atoms with Gasteiger partial charge in [0.15, 0.2) is 0 Å². The van der Waals surface area contributed by atoms with Crippen molar-refractivity contribution in [2.75, 3.05) is 10.6 Å². The molecule has 0 radical (unpaired) electrons. The number of nitrogens with one attached hydrogen (secondary N) is 2. The maximum absolute atomic E-state index is 11.6. The van der Waals surface area contributed by atoms with E-state index in [9.17, 15) is 29.4 Å². The van der Waals surface area contributed by atoms with Gasteiger partial charge in [0.05, 0.1) is 22.5 Å². The van der Waals surface area contributed by atoms with E-state index in [2.05, 4.69) is 10.6 Å². The summed E-state index contributed by atoms with van der Waals surface area (Å²) in [6.45, 7) is 2.55. The number of carboxylic acids is 2. The first-order chi connectivity index (χ1) is 12.7. The van der Waals surface area contributed by atoms with Gasteiger partial charge in [0.25, 0.3) is 0 Å². The number of carbonyl (C=O) groups is 4. The summed E-state index contributed by atoms with van der Waals surface area (Å²) in [7, 11) is 0. The molecule has 3 aromatic rings. The maximum Gasteiger partial charge on any atom is 0.337 e. The Morgan fingerprint density at radius 3 is 1.41 bits per heavy atom. The van der Waals surface area contributed by atoms with Crippen LogP contribution in [0.3, 0.4) is 0 Å². The van der Waals surface area contributed by atoms with Crippen LogP contribution in [0.15, 0.2) is 24.3 Å². The largest absolute Gasteiger partial charge is 0.478 e. The molecular formula is C18H14N2O6S. The van der Waals surface area contributed by atoms with Gasteiger partial charge in [-0.15, -0.1) is 11.3 Å². The molecule has 9 heteroatoms. The lowest BCUT2D eigenvalue weighted by Crippen LogP contribution is -2.11. The highest BCUT2D eigenvalue weighted by Crippen LogP contribution is 2.39. The van der Waals surface area contributed by atoms with E-state index in [1.807, 2.05) is 0 Å². The summed E-state index contributed by atoms with van der Waals surface area (Å²) in [5.41, 5.74) is 0.129. The number of hydrogen-bond acceptors (Lipinski definition) is 5. The second-order valence-corrected chi connectivity index (χ2v) is 6.95. The predicted molar refractivity (Wildman–Crippen MR) is 102 cm³/mol. The molecule has 3 rings (SSSR count). The Morgan fingerprint density at radius 1 is 0.741 bits per heavy atom. The van der Waals surface area contributed by atoms with Gasteiger partial charge in [-0.2, -0.15) is 0 Å². The van der Waals surface area contributed by atoms with Gasteiger partial charge in [-0.05, 0) is 24.3 Å². The Labute approximate surface area is 156 Å². The summed E-state index contributed by atoms with van der Waals surface area (Å²) in [6.07, 6.45) is 0. The molecule has 2 amide bonds. The number of fused-ring (bicyclic) bond motifs is 3. The van der Waals surface area contributed by atoms with Gasteiger partial charge in [0, 0.05) is 34.0 Å². The second-order valence-electron chi connectivity index (χ2n) is 5.86. The molecule has 0 aliphatic heterocycles. The lowest BCUT2D eigenvalue weighted by molar-refractivity contribution is -0.115. The zero-order valence-corrected chi connectivity index (χ0v) is 15.1.